The molecule has 4 amide bonds. The van der Waals surface area contributed by atoms with Crippen molar-refractivity contribution in [1.82, 2.24) is 35.4 Å². The number of piperidine rings is 2. The Bertz CT molecular complexity index is 2080. The minimum absolute atomic E-state index is 0.0805. The Morgan fingerprint density at radius 2 is 1.67 bits per heavy atom. The number of anilines is 2. The fourth-order valence-electron chi connectivity index (χ4n) is 8.65. The molecular weight excluding hydrogens is 730 g/mol. The van der Waals surface area contributed by atoms with Gasteiger partial charge in [0, 0.05) is 89.0 Å². The van der Waals surface area contributed by atoms with E-state index in [0.29, 0.717) is 28.6 Å². The molecule has 3 atom stereocenters. The molecule has 1 aromatic heterocycles. The molecule has 3 fully saturated rings. The van der Waals surface area contributed by atoms with Crippen molar-refractivity contribution in [3.05, 3.63) is 89.0 Å². The Labute approximate surface area is 331 Å². The Morgan fingerprint density at radius 1 is 0.912 bits per heavy atom. The van der Waals surface area contributed by atoms with Gasteiger partial charge in [-0.1, -0.05) is 12.1 Å². The van der Waals surface area contributed by atoms with Crippen molar-refractivity contribution in [3.63, 3.8) is 0 Å². The molecule has 0 aliphatic carbocycles. The predicted molar refractivity (Wildman–Crippen MR) is 212 cm³/mol. The van der Waals surface area contributed by atoms with Gasteiger partial charge in [-0.05, 0) is 86.6 Å². The molecule has 8 rings (SSSR count). The smallest absolute Gasteiger partial charge is 0.262 e. The molecule has 5 aliphatic heterocycles. The van der Waals surface area contributed by atoms with Crippen molar-refractivity contribution in [2.75, 3.05) is 69.5 Å². The van der Waals surface area contributed by atoms with Crippen molar-refractivity contribution in [1.29, 1.82) is 0 Å². The maximum atomic E-state index is 13.8. The monoisotopic (exact) mass is 779 g/mol. The lowest BCUT2D eigenvalue weighted by Crippen LogP contribution is -2.54. The van der Waals surface area contributed by atoms with E-state index in [-0.39, 0.29) is 30.6 Å². The average molecular weight is 780 g/mol. The highest BCUT2D eigenvalue weighted by molar-refractivity contribution is 6.23. The molecular formula is C42H50FN9O5. The summed E-state index contributed by atoms with van der Waals surface area (Å²) < 4.78 is 19.9. The molecule has 6 heterocycles. The Hall–Kier alpha value is -5.38. The van der Waals surface area contributed by atoms with Gasteiger partial charge < -0.3 is 25.3 Å². The topological polar surface area (TPSA) is 157 Å². The van der Waals surface area contributed by atoms with Crippen LogP contribution in [-0.2, 0) is 9.59 Å². The largest absolute Gasteiger partial charge is 0.482 e. The van der Waals surface area contributed by atoms with Gasteiger partial charge in [-0.2, -0.15) is 0 Å². The summed E-state index contributed by atoms with van der Waals surface area (Å²) in [6, 6.07) is 12.8. The number of amides is 4. The number of nitrogens with zero attached hydrogens (tertiary/aromatic N) is 6. The number of hydrazine groups is 1. The van der Waals surface area contributed by atoms with Crippen LogP contribution in [0.15, 0.2) is 60.9 Å². The van der Waals surface area contributed by atoms with Crippen LogP contribution in [0.5, 0.6) is 5.75 Å². The number of halogens is 1. The lowest BCUT2D eigenvalue weighted by molar-refractivity contribution is -0.136. The van der Waals surface area contributed by atoms with Gasteiger partial charge in [0.05, 0.1) is 17.2 Å². The van der Waals surface area contributed by atoms with Crippen molar-refractivity contribution in [3.8, 4) is 5.75 Å². The second-order valence-corrected chi connectivity index (χ2v) is 15.8. The van der Waals surface area contributed by atoms with Gasteiger partial charge in [-0.25, -0.2) is 14.8 Å². The van der Waals surface area contributed by atoms with E-state index >= 15 is 0 Å². The second kappa shape index (κ2) is 16.2. The molecule has 300 valence electrons. The summed E-state index contributed by atoms with van der Waals surface area (Å²) in [5.74, 6) is -0.903. The Balaban J connectivity index is 0.778. The van der Waals surface area contributed by atoms with Crippen molar-refractivity contribution in [2.45, 2.75) is 57.7 Å². The van der Waals surface area contributed by atoms with Crippen LogP contribution in [0.4, 0.5) is 15.9 Å². The van der Waals surface area contributed by atoms with Crippen molar-refractivity contribution < 1.29 is 28.3 Å². The van der Waals surface area contributed by atoms with E-state index in [1.54, 1.807) is 24.4 Å². The van der Waals surface area contributed by atoms with E-state index in [2.05, 4.69) is 48.6 Å². The van der Waals surface area contributed by atoms with Gasteiger partial charge in [-0.3, -0.25) is 34.3 Å². The highest BCUT2D eigenvalue weighted by atomic mass is 19.1. The number of benzene rings is 2. The SMILES string of the molecule is CC1NN(CCN2CCN(CC3CCN(c4ccc5c(c4)C(=O)N(C4CCC(=O)NC4=O)C5=O)CC3)CC2)C=C1c1cnc(N)c(OC(C)c2cccc(F)c2)c1. The first-order chi connectivity index (χ1) is 27.5. The molecule has 3 aromatic rings. The maximum Gasteiger partial charge on any atom is 0.262 e. The zero-order valence-corrected chi connectivity index (χ0v) is 32.5. The van der Waals surface area contributed by atoms with Gasteiger partial charge >= 0.3 is 0 Å². The number of pyridine rings is 1. The Morgan fingerprint density at radius 3 is 2.42 bits per heavy atom. The number of rotatable bonds is 11. The number of carbonyl (C=O) groups excluding carboxylic acids is 4. The number of hydrogen-bond acceptors (Lipinski definition) is 12. The van der Waals surface area contributed by atoms with Gasteiger partial charge in [0.2, 0.25) is 11.8 Å². The molecule has 0 radical (unpaired) electrons. The number of ether oxygens (including phenoxy) is 1. The van der Waals surface area contributed by atoms with Crippen LogP contribution < -0.4 is 26.1 Å². The van der Waals surface area contributed by atoms with E-state index in [4.69, 9.17) is 10.5 Å². The first kappa shape index (κ1) is 38.5. The van der Waals surface area contributed by atoms with Crippen LogP contribution in [0, 0.1) is 11.7 Å². The number of hydrogen-bond donors (Lipinski definition) is 3. The number of nitrogen functional groups attached to an aromatic ring is 1. The zero-order valence-electron chi connectivity index (χ0n) is 32.5. The van der Waals surface area contributed by atoms with E-state index < -0.39 is 29.9 Å². The summed E-state index contributed by atoms with van der Waals surface area (Å²) in [6.07, 6.45) is 5.84. The van der Waals surface area contributed by atoms with Gasteiger partial charge in [-0.15, -0.1) is 0 Å². The molecule has 5 aliphatic rings. The molecule has 3 unspecified atom stereocenters. The first-order valence-electron chi connectivity index (χ1n) is 20.0. The molecule has 14 nitrogen and oxygen atoms in total. The van der Waals surface area contributed by atoms with Crippen LogP contribution in [-0.4, -0.2) is 119 Å². The highest BCUT2D eigenvalue weighted by Crippen LogP contribution is 2.34. The lowest BCUT2D eigenvalue weighted by Gasteiger charge is -2.39. The molecule has 0 bridgehead atoms. The van der Waals surface area contributed by atoms with E-state index in [1.165, 1.54) is 12.1 Å². The zero-order chi connectivity index (χ0) is 39.8. The second-order valence-electron chi connectivity index (χ2n) is 15.8. The average Bonchev–Trinajstić information content (AvgIpc) is 3.70. The summed E-state index contributed by atoms with van der Waals surface area (Å²) >= 11 is 0. The molecule has 15 heteroatoms. The normalized spacial score (nSPS) is 22.9. The van der Waals surface area contributed by atoms with E-state index in [9.17, 15) is 23.6 Å². The summed E-state index contributed by atoms with van der Waals surface area (Å²) in [7, 11) is 0. The van der Waals surface area contributed by atoms with Crippen LogP contribution in [0.3, 0.4) is 0 Å². The molecule has 0 saturated carbocycles. The third-order valence-electron chi connectivity index (χ3n) is 12.0. The number of imide groups is 2. The number of aromatic nitrogens is 1. The van der Waals surface area contributed by atoms with Crippen molar-refractivity contribution >= 4 is 40.7 Å². The summed E-state index contributed by atoms with van der Waals surface area (Å²) in [6.45, 7) is 12.7. The molecule has 2 aromatic carbocycles. The van der Waals surface area contributed by atoms with Crippen LogP contribution >= 0.6 is 0 Å². The molecule has 0 spiro atoms. The maximum absolute atomic E-state index is 13.8. The van der Waals surface area contributed by atoms with Gasteiger partial charge in [0.1, 0.15) is 18.0 Å². The number of piperazine rings is 1. The predicted octanol–water partition coefficient (Wildman–Crippen LogP) is 3.43. The number of nitrogens with one attached hydrogen (secondary N) is 2. The third kappa shape index (κ3) is 8.22. The van der Waals surface area contributed by atoms with E-state index in [1.807, 2.05) is 25.1 Å². The lowest BCUT2D eigenvalue weighted by atomic mass is 9.95. The number of carbonyl (C=O) groups is 4. The summed E-state index contributed by atoms with van der Waals surface area (Å²) in [5.41, 5.74) is 14.0. The summed E-state index contributed by atoms with van der Waals surface area (Å²) in [4.78, 5) is 63.3. The third-order valence-corrected chi connectivity index (χ3v) is 12.0. The quantitative estimate of drug-likeness (QED) is 0.244. The van der Waals surface area contributed by atoms with Gasteiger partial charge in [0.15, 0.2) is 11.6 Å². The molecule has 4 N–H and O–H groups in total. The van der Waals surface area contributed by atoms with Crippen LogP contribution in [0.2, 0.25) is 0 Å². The minimum atomic E-state index is -0.964. The van der Waals surface area contributed by atoms with E-state index in [0.717, 1.165) is 99.0 Å². The van der Waals surface area contributed by atoms with Crippen LogP contribution in [0.25, 0.3) is 5.57 Å². The molecule has 3 saturated heterocycles. The number of fused-ring (bicyclic) bond motifs is 1. The fourth-order valence-corrected chi connectivity index (χ4v) is 8.65. The summed E-state index contributed by atoms with van der Waals surface area (Å²) in [5, 5.41) is 4.40. The fraction of sp³-hybridized carbons (Fsp3) is 0.452. The Kier molecular flexibility index (Phi) is 11.0. The highest BCUT2D eigenvalue weighted by Gasteiger charge is 2.45. The number of nitrogens with two attached hydrogens (primary N) is 1. The minimum Gasteiger partial charge on any atom is -0.482 e. The van der Waals surface area contributed by atoms with Gasteiger partial charge in [0.25, 0.3) is 11.8 Å². The first-order valence-corrected chi connectivity index (χ1v) is 20.0. The standard InChI is InChI=1S/C42H50FN9O5/c1-26-35(30-21-37(39(44)45-23-30)57-27(2)29-4-3-5-31(43)20-29)25-51(47-26)19-18-48-14-16-49(17-15-48)24-28-10-12-50(13-11-28)32-6-7-33-34(22-32)42(56)52(41(33)55)36-8-9-38(53)46-40(36)54/h3-7,20-23,25-28,36,47H,8-19,24H2,1-2H3,(H2,44,45)(H,46,53,54). The van der Waals surface area contributed by atoms with Crippen molar-refractivity contribution in [2.24, 2.45) is 5.92 Å². The van der Waals surface area contributed by atoms with Crippen LogP contribution in [0.1, 0.15) is 77.5 Å². The molecule has 57 heavy (non-hydrogen) atoms.